The maximum atomic E-state index is 15.1. The molecule has 5 atom stereocenters. The van der Waals surface area contributed by atoms with E-state index in [2.05, 4.69) is 5.32 Å². The second-order valence-corrected chi connectivity index (χ2v) is 12.6. The highest BCUT2D eigenvalue weighted by atomic mass is 19.1. The fourth-order valence-corrected chi connectivity index (χ4v) is 7.14. The number of halogens is 1. The predicted molar refractivity (Wildman–Crippen MR) is 162 cm³/mol. The molecule has 8 nitrogen and oxygen atoms in total. The molecule has 0 heterocycles. The van der Waals surface area contributed by atoms with E-state index in [1.165, 1.54) is 13.2 Å². The molecule has 2 bridgehead atoms. The quantitative estimate of drug-likeness (QED) is 0.197. The standard InChI is InChI=1S/C35H38FNO7/c1-35(34(41)43-19-23-8-5-7-20-6-3-4-9-25(20)23)14-12-24(13-15-35)44-29-17-26(28(42-2)18-27(29)36)32(38)37-31-22-11-10-21(16-22)30(31)33(39)40/h3-11,17-18,21-22,24,30-31,34,41H,12-16,19H2,1-2H3,(H,37,38)(H,39,40)/t21-,22+,24?,30+,31-,34?,35?/m1/s1. The van der Waals surface area contributed by atoms with Crippen molar-refractivity contribution in [2.75, 3.05) is 7.11 Å². The summed E-state index contributed by atoms with van der Waals surface area (Å²) in [6.45, 7) is 2.27. The summed E-state index contributed by atoms with van der Waals surface area (Å²) in [7, 11) is 1.35. The molecule has 2 saturated carbocycles. The summed E-state index contributed by atoms with van der Waals surface area (Å²) in [5.74, 6) is -3.05. The summed E-state index contributed by atoms with van der Waals surface area (Å²) in [5, 5.41) is 25.8. The van der Waals surface area contributed by atoms with E-state index in [1.807, 2.05) is 61.5 Å². The Labute approximate surface area is 255 Å². The van der Waals surface area contributed by atoms with E-state index in [1.54, 1.807) is 0 Å². The lowest BCUT2D eigenvalue weighted by atomic mass is 9.74. The number of fused-ring (bicyclic) bond motifs is 3. The Balaban J connectivity index is 1.09. The van der Waals surface area contributed by atoms with Gasteiger partial charge in [0.1, 0.15) is 5.75 Å². The number of aliphatic hydroxyl groups excluding tert-OH is 1. The Morgan fingerprint density at radius 3 is 2.52 bits per heavy atom. The van der Waals surface area contributed by atoms with Gasteiger partial charge in [-0.15, -0.1) is 0 Å². The number of carboxylic acids is 1. The van der Waals surface area contributed by atoms with Crippen LogP contribution in [0.4, 0.5) is 4.39 Å². The number of aliphatic carboxylic acids is 1. The average Bonchev–Trinajstić information content (AvgIpc) is 3.64. The minimum absolute atomic E-state index is 0.0422. The lowest BCUT2D eigenvalue weighted by Crippen LogP contribution is -2.45. The Bertz CT molecular complexity index is 1580. The third-order valence-electron chi connectivity index (χ3n) is 9.78. The summed E-state index contributed by atoms with van der Waals surface area (Å²) in [6, 6.07) is 16.0. The van der Waals surface area contributed by atoms with Gasteiger partial charge < -0.3 is 29.7 Å². The number of amides is 1. The van der Waals surface area contributed by atoms with Crippen molar-refractivity contribution in [2.45, 2.75) is 64.1 Å². The van der Waals surface area contributed by atoms with E-state index in [9.17, 15) is 19.8 Å². The van der Waals surface area contributed by atoms with Gasteiger partial charge in [0.25, 0.3) is 5.91 Å². The van der Waals surface area contributed by atoms with Gasteiger partial charge >= 0.3 is 5.97 Å². The molecule has 232 valence electrons. The van der Waals surface area contributed by atoms with Crippen LogP contribution in [0, 0.1) is 29.0 Å². The van der Waals surface area contributed by atoms with Gasteiger partial charge in [-0.25, -0.2) is 4.39 Å². The van der Waals surface area contributed by atoms with Crippen molar-refractivity contribution in [1.29, 1.82) is 0 Å². The van der Waals surface area contributed by atoms with Crippen molar-refractivity contribution in [3.63, 3.8) is 0 Å². The molecule has 1 amide bonds. The number of benzene rings is 3. The first-order valence-electron chi connectivity index (χ1n) is 15.2. The number of hydrogen-bond acceptors (Lipinski definition) is 6. The number of hydrogen-bond donors (Lipinski definition) is 3. The van der Waals surface area contributed by atoms with E-state index >= 15 is 4.39 Å². The van der Waals surface area contributed by atoms with E-state index in [0.717, 1.165) is 22.4 Å². The first kappa shape index (κ1) is 30.1. The lowest BCUT2D eigenvalue weighted by Gasteiger charge is -2.40. The van der Waals surface area contributed by atoms with Crippen molar-refractivity contribution in [2.24, 2.45) is 23.2 Å². The molecule has 6 rings (SSSR count). The monoisotopic (exact) mass is 603 g/mol. The highest BCUT2D eigenvalue weighted by molar-refractivity contribution is 5.98. The molecule has 1 unspecified atom stereocenters. The van der Waals surface area contributed by atoms with Crippen molar-refractivity contribution in [3.8, 4) is 11.5 Å². The van der Waals surface area contributed by atoms with Crippen LogP contribution in [0.5, 0.6) is 11.5 Å². The first-order valence-corrected chi connectivity index (χ1v) is 15.2. The third kappa shape index (κ3) is 5.78. The second-order valence-electron chi connectivity index (χ2n) is 12.6. The van der Waals surface area contributed by atoms with Crippen LogP contribution in [0.1, 0.15) is 54.9 Å². The molecule has 0 saturated heterocycles. The molecule has 3 aliphatic rings. The predicted octanol–water partition coefficient (Wildman–Crippen LogP) is 5.86. The largest absolute Gasteiger partial charge is 0.496 e. The molecule has 0 aromatic heterocycles. The van der Waals surface area contributed by atoms with Gasteiger partial charge in [-0.05, 0) is 66.3 Å². The fourth-order valence-electron chi connectivity index (χ4n) is 7.14. The Morgan fingerprint density at radius 2 is 1.77 bits per heavy atom. The number of carbonyl (C=O) groups is 2. The topological polar surface area (TPSA) is 114 Å². The molecule has 0 spiro atoms. The van der Waals surface area contributed by atoms with Crippen molar-refractivity contribution in [3.05, 3.63) is 83.7 Å². The molecule has 3 aliphatic carbocycles. The van der Waals surface area contributed by atoms with Crippen LogP contribution in [-0.4, -0.2) is 47.6 Å². The Kier molecular flexibility index (Phi) is 8.35. The Morgan fingerprint density at radius 1 is 1.05 bits per heavy atom. The maximum absolute atomic E-state index is 15.1. The zero-order valence-electron chi connectivity index (χ0n) is 24.9. The molecular weight excluding hydrogens is 565 g/mol. The summed E-state index contributed by atoms with van der Waals surface area (Å²) in [5.41, 5.74) is 0.592. The van der Waals surface area contributed by atoms with Gasteiger partial charge in [0, 0.05) is 17.5 Å². The number of allylic oxidation sites excluding steroid dienone is 1. The number of aliphatic hydroxyl groups is 1. The van der Waals surface area contributed by atoms with Crippen LogP contribution in [0.15, 0.2) is 66.7 Å². The summed E-state index contributed by atoms with van der Waals surface area (Å²) in [6.07, 6.45) is 5.58. The number of rotatable bonds is 10. The highest BCUT2D eigenvalue weighted by Crippen LogP contribution is 2.45. The van der Waals surface area contributed by atoms with Crippen LogP contribution in [0.2, 0.25) is 0 Å². The van der Waals surface area contributed by atoms with Gasteiger partial charge in [-0.3, -0.25) is 9.59 Å². The number of carbonyl (C=O) groups excluding carboxylic acids is 1. The van der Waals surface area contributed by atoms with Gasteiger partial charge in [-0.2, -0.15) is 0 Å². The summed E-state index contributed by atoms with van der Waals surface area (Å²) in [4.78, 5) is 25.2. The normalized spacial score (nSPS) is 28.1. The molecule has 44 heavy (non-hydrogen) atoms. The third-order valence-corrected chi connectivity index (χ3v) is 9.78. The van der Waals surface area contributed by atoms with Crippen LogP contribution in [-0.2, 0) is 16.1 Å². The van der Waals surface area contributed by atoms with Gasteiger partial charge in [0.05, 0.1) is 31.3 Å². The molecule has 2 fully saturated rings. The van der Waals surface area contributed by atoms with E-state index in [-0.39, 0.29) is 41.6 Å². The lowest BCUT2D eigenvalue weighted by molar-refractivity contribution is -0.190. The van der Waals surface area contributed by atoms with Gasteiger partial charge in [0.2, 0.25) is 0 Å². The van der Waals surface area contributed by atoms with E-state index in [4.69, 9.17) is 14.2 Å². The Hall–Kier alpha value is -3.95. The van der Waals surface area contributed by atoms with Crippen LogP contribution in [0.3, 0.4) is 0 Å². The minimum Gasteiger partial charge on any atom is -0.496 e. The number of ether oxygens (including phenoxy) is 3. The van der Waals surface area contributed by atoms with Crippen LogP contribution < -0.4 is 14.8 Å². The first-order chi connectivity index (χ1) is 21.2. The van der Waals surface area contributed by atoms with E-state index < -0.39 is 41.4 Å². The van der Waals surface area contributed by atoms with Gasteiger partial charge in [-0.1, -0.05) is 61.5 Å². The molecule has 3 aromatic carbocycles. The average molecular weight is 604 g/mol. The summed E-state index contributed by atoms with van der Waals surface area (Å²) >= 11 is 0. The van der Waals surface area contributed by atoms with Crippen molar-refractivity contribution < 1.29 is 38.4 Å². The molecule has 9 heteroatoms. The molecular formula is C35H38FNO7. The zero-order chi connectivity index (χ0) is 31.0. The van der Waals surface area contributed by atoms with Gasteiger partial charge in [0.15, 0.2) is 17.9 Å². The second kappa shape index (κ2) is 12.2. The molecule has 0 radical (unpaired) electrons. The molecule has 0 aliphatic heterocycles. The maximum Gasteiger partial charge on any atom is 0.309 e. The number of carboxylic acid groups (broad SMARTS) is 1. The van der Waals surface area contributed by atoms with Crippen molar-refractivity contribution in [1.82, 2.24) is 5.32 Å². The number of methoxy groups -OCH3 is 1. The fraction of sp³-hybridized carbons (Fsp3) is 0.429. The SMILES string of the molecule is COc1cc(F)c(OC2CCC(C)(C(O)OCc3cccc4ccccc34)CC2)cc1C(=O)N[C@H]1[C@@H](C(=O)O)[C@@H]2C=C[C@H]1C2. The van der Waals surface area contributed by atoms with Crippen molar-refractivity contribution >= 4 is 22.6 Å². The highest BCUT2D eigenvalue weighted by Gasteiger charge is 2.49. The number of nitrogens with one attached hydrogen (secondary N) is 1. The molecule has 3 N–H and O–H groups in total. The smallest absolute Gasteiger partial charge is 0.309 e. The molecule has 3 aromatic rings. The minimum atomic E-state index is -0.981. The zero-order valence-corrected chi connectivity index (χ0v) is 24.9. The van der Waals surface area contributed by atoms with Crippen LogP contribution >= 0.6 is 0 Å². The van der Waals surface area contributed by atoms with Crippen LogP contribution in [0.25, 0.3) is 10.8 Å². The van der Waals surface area contributed by atoms with E-state index in [0.29, 0.717) is 32.1 Å². The summed E-state index contributed by atoms with van der Waals surface area (Å²) < 4.78 is 32.4.